The van der Waals surface area contributed by atoms with E-state index in [1.165, 1.54) is 6.33 Å². The quantitative estimate of drug-likeness (QED) is 0.868. The normalized spacial score (nSPS) is 10.7. The number of ether oxygens (including phenoxy) is 1. The Morgan fingerprint density at radius 1 is 1.25 bits per heavy atom. The van der Waals surface area contributed by atoms with Gasteiger partial charge in [-0.15, -0.1) is 0 Å². The van der Waals surface area contributed by atoms with Crippen molar-refractivity contribution in [3.63, 3.8) is 0 Å². The molecule has 0 radical (unpaired) electrons. The zero-order valence-electron chi connectivity index (χ0n) is 11.9. The van der Waals surface area contributed by atoms with Crippen molar-refractivity contribution in [2.75, 3.05) is 11.9 Å². The lowest BCUT2D eigenvalue weighted by Crippen LogP contribution is -2.02. The second-order valence-electron chi connectivity index (χ2n) is 4.67. The first kappa shape index (κ1) is 14.8. The van der Waals surface area contributed by atoms with Crippen molar-refractivity contribution >= 4 is 21.7 Å². The van der Waals surface area contributed by atoms with E-state index < -0.39 is 0 Å². The summed E-state index contributed by atoms with van der Waals surface area (Å²) in [6, 6.07) is 8.00. The van der Waals surface area contributed by atoms with E-state index in [2.05, 4.69) is 51.1 Å². The maximum Gasteiger partial charge on any atom is 0.238 e. The standard InChI is InChI=1S/C15H18BrN3O/c1-4-17-14-13(16)15(19-9-18-14)20-12-8-6-5-7-11(12)10(2)3/h5-10H,4H2,1-3H3,(H,17,18,19). The van der Waals surface area contributed by atoms with E-state index in [4.69, 9.17) is 4.74 Å². The SMILES string of the molecule is CCNc1ncnc(Oc2ccccc2C(C)C)c1Br. The molecule has 0 bridgehead atoms. The van der Waals surface area contributed by atoms with Crippen molar-refractivity contribution in [2.24, 2.45) is 0 Å². The van der Waals surface area contributed by atoms with Crippen LogP contribution in [-0.2, 0) is 0 Å². The predicted molar refractivity (Wildman–Crippen MR) is 84.5 cm³/mol. The zero-order chi connectivity index (χ0) is 14.5. The molecule has 2 aromatic rings. The van der Waals surface area contributed by atoms with E-state index in [0.29, 0.717) is 11.8 Å². The molecule has 0 unspecified atom stereocenters. The molecule has 2 rings (SSSR count). The number of rotatable bonds is 5. The second kappa shape index (κ2) is 6.70. The van der Waals surface area contributed by atoms with Crippen molar-refractivity contribution in [1.29, 1.82) is 0 Å². The first-order valence-corrected chi connectivity index (χ1v) is 7.44. The van der Waals surface area contributed by atoms with E-state index >= 15 is 0 Å². The lowest BCUT2D eigenvalue weighted by molar-refractivity contribution is 0.450. The highest BCUT2D eigenvalue weighted by Gasteiger charge is 2.13. The Balaban J connectivity index is 2.33. The number of halogens is 1. The molecule has 1 aromatic heterocycles. The van der Waals surface area contributed by atoms with Crippen LogP contribution in [0.3, 0.4) is 0 Å². The molecule has 0 aliphatic rings. The maximum atomic E-state index is 5.95. The van der Waals surface area contributed by atoms with Gasteiger partial charge in [-0.25, -0.2) is 9.97 Å². The van der Waals surface area contributed by atoms with E-state index in [-0.39, 0.29) is 0 Å². The molecule has 0 saturated heterocycles. The summed E-state index contributed by atoms with van der Waals surface area (Å²) in [5.41, 5.74) is 1.16. The minimum absolute atomic E-state index is 0.389. The third-order valence-electron chi connectivity index (χ3n) is 2.85. The summed E-state index contributed by atoms with van der Waals surface area (Å²) in [4.78, 5) is 8.38. The van der Waals surface area contributed by atoms with Crippen LogP contribution in [-0.4, -0.2) is 16.5 Å². The molecule has 0 saturated carbocycles. The van der Waals surface area contributed by atoms with Crippen LogP contribution in [0.1, 0.15) is 32.3 Å². The molecule has 0 fully saturated rings. The van der Waals surface area contributed by atoms with E-state index in [1.807, 2.05) is 25.1 Å². The Kier molecular flexibility index (Phi) is 4.95. The van der Waals surface area contributed by atoms with Crippen LogP contribution >= 0.6 is 15.9 Å². The fourth-order valence-electron chi connectivity index (χ4n) is 1.87. The Morgan fingerprint density at radius 3 is 2.70 bits per heavy atom. The average Bonchev–Trinajstić information content (AvgIpc) is 2.44. The van der Waals surface area contributed by atoms with Gasteiger partial charge in [-0.2, -0.15) is 0 Å². The lowest BCUT2D eigenvalue weighted by Gasteiger charge is -2.14. The number of aromatic nitrogens is 2. The van der Waals surface area contributed by atoms with Gasteiger partial charge in [0.25, 0.3) is 0 Å². The highest BCUT2D eigenvalue weighted by molar-refractivity contribution is 9.10. The number of hydrogen-bond acceptors (Lipinski definition) is 4. The van der Waals surface area contributed by atoms with Gasteiger partial charge in [0.2, 0.25) is 5.88 Å². The van der Waals surface area contributed by atoms with Crippen molar-refractivity contribution < 1.29 is 4.74 Å². The molecule has 0 atom stereocenters. The fraction of sp³-hybridized carbons (Fsp3) is 0.333. The number of hydrogen-bond donors (Lipinski definition) is 1. The minimum atomic E-state index is 0.389. The summed E-state index contributed by atoms with van der Waals surface area (Å²) >= 11 is 3.49. The zero-order valence-corrected chi connectivity index (χ0v) is 13.4. The third-order valence-corrected chi connectivity index (χ3v) is 3.56. The molecule has 0 aliphatic carbocycles. The van der Waals surface area contributed by atoms with Crippen LogP contribution < -0.4 is 10.1 Å². The molecular weight excluding hydrogens is 318 g/mol. The molecule has 0 aliphatic heterocycles. The van der Waals surface area contributed by atoms with E-state index in [9.17, 15) is 0 Å². The minimum Gasteiger partial charge on any atom is -0.437 e. The van der Waals surface area contributed by atoms with Gasteiger partial charge in [0.05, 0.1) is 0 Å². The predicted octanol–water partition coefficient (Wildman–Crippen LogP) is 4.59. The molecule has 5 heteroatoms. The number of nitrogens with zero attached hydrogens (tertiary/aromatic N) is 2. The number of nitrogens with one attached hydrogen (secondary N) is 1. The highest BCUT2D eigenvalue weighted by atomic mass is 79.9. The van der Waals surface area contributed by atoms with Gasteiger partial charge < -0.3 is 10.1 Å². The van der Waals surface area contributed by atoms with Crippen LogP contribution in [0.25, 0.3) is 0 Å². The van der Waals surface area contributed by atoms with Gasteiger partial charge >= 0.3 is 0 Å². The number of anilines is 1. The molecule has 4 nitrogen and oxygen atoms in total. The maximum absolute atomic E-state index is 5.95. The molecule has 1 N–H and O–H groups in total. The number of benzene rings is 1. The molecule has 106 valence electrons. The molecule has 0 amide bonds. The molecule has 1 aromatic carbocycles. The first-order valence-electron chi connectivity index (χ1n) is 6.64. The topological polar surface area (TPSA) is 47.0 Å². The van der Waals surface area contributed by atoms with Gasteiger partial charge in [0.1, 0.15) is 22.4 Å². The van der Waals surface area contributed by atoms with E-state index in [1.54, 1.807) is 0 Å². The van der Waals surface area contributed by atoms with Crippen molar-refractivity contribution in [3.8, 4) is 11.6 Å². The van der Waals surface area contributed by atoms with Gasteiger partial charge in [-0.1, -0.05) is 32.0 Å². The molecule has 20 heavy (non-hydrogen) atoms. The van der Waals surface area contributed by atoms with Crippen LogP contribution in [0, 0.1) is 0 Å². The molecule has 1 heterocycles. The lowest BCUT2D eigenvalue weighted by atomic mass is 10.0. The largest absolute Gasteiger partial charge is 0.437 e. The summed E-state index contributed by atoms with van der Waals surface area (Å²) in [6.45, 7) is 7.09. The van der Waals surface area contributed by atoms with Gasteiger partial charge in [-0.3, -0.25) is 0 Å². The summed E-state index contributed by atoms with van der Waals surface area (Å²) in [5, 5.41) is 3.16. The summed E-state index contributed by atoms with van der Waals surface area (Å²) in [6.07, 6.45) is 1.50. The van der Waals surface area contributed by atoms with Crippen molar-refractivity contribution in [3.05, 3.63) is 40.6 Å². The van der Waals surface area contributed by atoms with E-state index in [0.717, 1.165) is 28.1 Å². The van der Waals surface area contributed by atoms with Crippen molar-refractivity contribution in [1.82, 2.24) is 9.97 Å². The Hall–Kier alpha value is -1.62. The highest BCUT2D eigenvalue weighted by Crippen LogP contribution is 2.35. The summed E-state index contributed by atoms with van der Waals surface area (Å²) in [5.74, 6) is 2.47. The number of para-hydroxylation sites is 1. The first-order chi connectivity index (χ1) is 9.63. The average molecular weight is 336 g/mol. The monoisotopic (exact) mass is 335 g/mol. The van der Waals surface area contributed by atoms with Gasteiger partial charge in [0, 0.05) is 6.54 Å². The van der Waals surface area contributed by atoms with Crippen LogP contribution in [0.4, 0.5) is 5.82 Å². The Labute approximate surface area is 127 Å². The fourth-order valence-corrected chi connectivity index (χ4v) is 2.30. The Bertz CT molecular complexity index is 587. The smallest absolute Gasteiger partial charge is 0.238 e. The summed E-state index contributed by atoms with van der Waals surface area (Å²) in [7, 11) is 0. The van der Waals surface area contributed by atoms with Crippen LogP contribution in [0.5, 0.6) is 11.6 Å². The van der Waals surface area contributed by atoms with Crippen LogP contribution in [0.15, 0.2) is 35.1 Å². The molecular formula is C15H18BrN3O. The second-order valence-corrected chi connectivity index (χ2v) is 5.46. The molecule has 0 spiro atoms. The Morgan fingerprint density at radius 2 is 2.00 bits per heavy atom. The van der Waals surface area contributed by atoms with Crippen LogP contribution in [0.2, 0.25) is 0 Å². The van der Waals surface area contributed by atoms with Gasteiger partial charge in [-0.05, 0) is 40.4 Å². The van der Waals surface area contributed by atoms with Gasteiger partial charge in [0.15, 0.2) is 0 Å². The third kappa shape index (κ3) is 3.28. The van der Waals surface area contributed by atoms with Crippen molar-refractivity contribution in [2.45, 2.75) is 26.7 Å². The summed E-state index contributed by atoms with van der Waals surface area (Å²) < 4.78 is 6.69.